The second-order valence-electron chi connectivity index (χ2n) is 6.14. The largest absolute Gasteiger partial charge is 0.386 e. The number of thiazole rings is 1. The first-order valence-electron chi connectivity index (χ1n) is 7.95. The molecular weight excluding hydrogens is 354 g/mol. The van der Waals surface area contributed by atoms with Crippen molar-refractivity contribution in [3.05, 3.63) is 53.5 Å². The summed E-state index contributed by atoms with van der Waals surface area (Å²) in [7, 11) is -3.29. The Morgan fingerprint density at radius 2 is 1.88 bits per heavy atom. The van der Waals surface area contributed by atoms with Crippen LogP contribution in [0.25, 0.3) is 21.3 Å². The Morgan fingerprint density at radius 3 is 2.60 bits per heavy atom. The summed E-state index contributed by atoms with van der Waals surface area (Å²) < 4.78 is 25.5. The topological polar surface area (TPSA) is 85.4 Å². The minimum atomic E-state index is -3.29. The van der Waals surface area contributed by atoms with Crippen molar-refractivity contribution >= 4 is 37.2 Å². The first kappa shape index (κ1) is 16.2. The van der Waals surface area contributed by atoms with Crippen LogP contribution < -0.4 is 5.73 Å². The zero-order chi connectivity index (χ0) is 17.6. The summed E-state index contributed by atoms with van der Waals surface area (Å²) in [6, 6.07) is 15.7. The lowest BCUT2D eigenvalue weighted by Gasteiger charge is -2.22. The van der Waals surface area contributed by atoms with Crippen LogP contribution in [0.5, 0.6) is 0 Å². The molecular formula is C18H17N3O2S2. The Kier molecular flexibility index (Phi) is 3.85. The maximum atomic E-state index is 12.2. The average Bonchev–Trinajstić information content (AvgIpc) is 3.03. The highest BCUT2D eigenvalue weighted by Gasteiger charge is 2.35. The van der Waals surface area contributed by atoms with Crippen LogP contribution in [0.15, 0.2) is 53.5 Å². The van der Waals surface area contributed by atoms with E-state index in [1.165, 1.54) is 11.3 Å². The number of aliphatic imine (C=N–C) groups is 1. The predicted molar refractivity (Wildman–Crippen MR) is 103 cm³/mol. The van der Waals surface area contributed by atoms with Crippen LogP contribution in [0, 0.1) is 0 Å². The van der Waals surface area contributed by atoms with Gasteiger partial charge in [0.2, 0.25) is 0 Å². The molecule has 4 rings (SSSR count). The van der Waals surface area contributed by atoms with Gasteiger partial charge >= 0.3 is 0 Å². The number of benzene rings is 2. The summed E-state index contributed by atoms with van der Waals surface area (Å²) in [4.78, 5) is 8.96. The van der Waals surface area contributed by atoms with Crippen molar-refractivity contribution in [1.29, 1.82) is 0 Å². The van der Waals surface area contributed by atoms with Gasteiger partial charge in [-0.25, -0.2) is 13.4 Å². The smallest absolute Gasteiger partial charge is 0.162 e. The van der Waals surface area contributed by atoms with Gasteiger partial charge in [-0.15, -0.1) is 11.3 Å². The summed E-state index contributed by atoms with van der Waals surface area (Å²) in [5.74, 6) is 0.126. The van der Waals surface area contributed by atoms with Crippen LogP contribution in [0.3, 0.4) is 0 Å². The predicted octanol–water partition coefficient (Wildman–Crippen LogP) is 3.18. The highest BCUT2D eigenvalue weighted by atomic mass is 32.2. The van der Waals surface area contributed by atoms with Gasteiger partial charge in [-0.3, -0.25) is 4.99 Å². The molecule has 2 N–H and O–H groups in total. The maximum Gasteiger partial charge on any atom is 0.162 e. The number of sulfone groups is 1. The van der Waals surface area contributed by atoms with Crippen LogP contribution in [-0.2, 0) is 9.84 Å². The van der Waals surface area contributed by atoms with Crippen LogP contribution in [-0.4, -0.2) is 30.2 Å². The van der Waals surface area contributed by atoms with Gasteiger partial charge in [-0.05, 0) is 30.2 Å². The van der Waals surface area contributed by atoms with Crippen LogP contribution in [0.2, 0.25) is 0 Å². The van der Waals surface area contributed by atoms with E-state index in [-0.39, 0.29) is 11.6 Å². The summed E-state index contributed by atoms with van der Waals surface area (Å²) in [5.41, 5.74) is 8.92. The molecule has 1 aliphatic rings. The molecule has 1 aliphatic heterocycles. The molecule has 0 amide bonds. The molecule has 5 nitrogen and oxygen atoms in total. The molecule has 2 unspecified atom stereocenters. The highest BCUT2D eigenvalue weighted by Crippen LogP contribution is 2.34. The van der Waals surface area contributed by atoms with Gasteiger partial charge in [0.15, 0.2) is 9.84 Å². The molecule has 25 heavy (non-hydrogen) atoms. The van der Waals surface area contributed by atoms with Gasteiger partial charge in [0.25, 0.3) is 0 Å². The highest BCUT2D eigenvalue weighted by molar-refractivity contribution is 7.92. The third-order valence-corrected chi connectivity index (χ3v) is 7.67. The lowest BCUT2D eigenvalue weighted by Crippen LogP contribution is -2.40. The summed E-state index contributed by atoms with van der Waals surface area (Å²) in [6.07, 6.45) is 0. The van der Waals surface area contributed by atoms with Crippen molar-refractivity contribution < 1.29 is 8.42 Å². The van der Waals surface area contributed by atoms with Crippen molar-refractivity contribution in [2.75, 3.05) is 5.75 Å². The van der Waals surface area contributed by atoms with E-state index in [1.54, 1.807) is 6.92 Å². The van der Waals surface area contributed by atoms with Crippen LogP contribution in [0.1, 0.15) is 18.0 Å². The number of rotatable bonds is 2. The zero-order valence-electron chi connectivity index (χ0n) is 13.6. The van der Waals surface area contributed by atoms with Crippen LogP contribution >= 0.6 is 11.3 Å². The number of fused-ring (bicyclic) bond motifs is 1. The van der Waals surface area contributed by atoms with Crippen LogP contribution in [0.4, 0.5) is 0 Å². The van der Waals surface area contributed by atoms with E-state index >= 15 is 0 Å². The van der Waals surface area contributed by atoms with Gasteiger partial charge in [0.1, 0.15) is 22.1 Å². The van der Waals surface area contributed by atoms with Gasteiger partial charge < -0.3 is 5.73 Å². The first-order chi connectivity index (χ1) is 11.9. The Balaban J connectivity index is 1.75. The second-order valence-corrected chi connectivity index (χ2v) is 9.57. The molecule has 0 fully saturated rings. The maximum absolute atomic E-state index is 12.2. The number of hydrogen-bond acceptors (Lipinski definition) is 6. The standard InChI is InChI=1S/C18H17N3O2S2/c1-11-17(19)20-15(10-25(11,22)23)18-21-14-8-7-13(9-16(14)24-18)12-5-3-2-4-6-12/h2-9,11,15H,10H2,1H3,(H2,19,20). The number of aromatic nitrogens is 1. The van der Waals surface area contributed by atoms with E-state index in [4.69, 9.17) is 5.73 Å². The fourth-order valence-corrected chi connectivity index (χ4v) is 5.43. The second kappa shape index (κ2) is 5.93. The monoisotopic (exact) mass is 371 g/mol. The number of nitrogens with two attached hydrogens (primary N) is 1. The van der Waals surface area contributed by atoms with Gasteiger partial charge in [-0.1, -0.05) is 36.4 Å². The van der Waals surface area contributed by atoms with Crippen molar-refractivity contribution in [1.82, 2.24) is 4.98 Å². The number of amidine groups is 1. The Labute approximate surface area is 150 Å². The molecule has 0 saturated carbocycles. The minimum Gasteiger partial charge on any atom is -0.386 e. The van der Waals surface area contributed by atoms with Gasteiger partial charge in [0.05, 0.1) is 16.0 Å². The number of hydrogen-bond donors (Lipinski definition) is 1. The fraction of sp³-hybridized carbons (Fsp3) is 0.222. The molecule has 2 aromatic carbocycles. The number of nitrogens with zero attached hydrogens (tertiary/aromatic N) is 2. The Hall–Kier alpha value is -2.25. The minimum absolute atomic E-state index is 0.0414. The summed E-state index contributed by atoms with van der Waals surface area (Å²) in [5, 5.41) is -0.0264. The van der Waals surface area contributed by atoms with E-state index in [1.807, 2.05) is 30.3 Å². The van der Waals surface area contributed by atoms with Gasteiger partial charge in [-0.2, -0.15) is 0 Å². The zero-order valence-corrected chi connectivity index (χ0v) is 15.2. The third kappa shape index (κ3) is 2.94. The van der Waals surface area contributed by atoms with E-state index in [2.05, 4.69) is 28.2 Å². The molecule has 128 valence electrons. The average molecular weight is 371 g/mol. The van der Waals surface area contributed by atoms with Crippen molar-refractivity contribution in [2.24, 2.45) is 10.7 Å². The van der Waals surface area contributed by atoms with Crippen molar-refractivity contribution in [2.45, 2.75) is 18.2 Å². The quantitative estimate of drug-likeness (QED) is 0.750. The summed E-state index contributed by atoms with van der Waals surface area (Å²) in [6.45, 7) is 1.58. The van der Waals surface area contributed by atoms with E-state index in [9.17, 15) is 8.42 Å². The van der Waals surface area contributed by atoms with Crippen molar-refractivity contribution in [3.63, 3.8) is 0 Å². The molecule has 7 heteroatoms. The molecule has 3 aromatic rings. The Bertz CT molecular complexity index is 1070. The molecule has 0 saturated heterocycles. The van der Waals surface area contributed by atoms with E-state index in [0.29, 0.717) is 5.01 Å². The fourth-order valence-electron chi connectivity index (χ4n) is 2.89. The molecule has 2 heterocycles. The summed E-state index contributed by atoms with van der Waals surface area (Å²) >= 11 is 1.48. The Morgan fingerprint density at radius 1 is 1.12 bits per heavy atom. The lowest BCUT2D eigenvalue weighted by atomic mass is 10.1. The molecule has 0 radical (unpaired) electrons. The first-order valence-corrected chi connectivity index (χ1v) is 10.5. The normalized spacial score (nSPS) is 22.7. The molecule has 0 bridgehead atoms. The van der Waals surface area contributed by atoms with E-state index in [0.717, 1.165) is 21.3 Å². The van der Waals surface area contributed by atoms with Gasteiger partial charge in [0, 0.05) is 0 Å². The molecule has 0 spiro atoms. The van der Waals surface area contributed by atoms with E-state index < -0.39 is 21.1 Å². The SMILES string of the molecule is CC1C(N)=NC(c2nc3ccc(-c4ccccc4)cc3s2)CS1(=O)=O. The molecule has 0 aliphatic carbocycles. The lowest BCUT2D eigenvalue weighted by molar-refractivity contribution is 0.580. The van der Waals surface area contributed by atoms with Crippen molar-refractivity contribution in [3.8, 4) is 11.1 Å². The third-order valence-electron chi connectivity index (χ3n) is 4.45. The molecule has 1 aromatic heterocycles. The molecule has 2 atom stereocenters.